The summed E-state index contributed by atoms with van der Waals surface area (Å²) in [7, 11) is 0. The summed E-state index contributed by atoms with van der Waals surface area (Å²) >= 11 is 0. The lowest BCUT2D eigenvalue weighted by Gasteiger charge is -2.29. The lowest BCUT2D eigenvalue weighted by molar-refractivity contribution is 0.105. The highest BCUT2D eigenvalue weighted by Gasteiger charge is 2.37. The van der Waals surface area contributed by atoms with Crippen LogP contribution in [0, 0.1) is 6.92 Å². The number of ether oxygens (including phenoxy) is 1. The van der Waals surface area contributed by atoms with Crippen molar-refractivity contribution in [2.45, 2.75) is 38.8 Å². The largest absolute Gasteiger partial charge is 0.376 e. The van der Waals surface area contributed by atoms with Crippen LogP contribution in [0.5, 0.6) is 0 Å². The molecule has 0 bridgehead atoms. The first-order chi connectivity index (χ1) is 9.10. The highest BCUT2D eigenvalue weighted by molar-refractivity contribution is 5.93. The smallest absolute Gasteiger partial charge is 0.157 e. The van der Waals surface area contributed by atoms with Gasteiger partial charge in [0.1, 0.15) is 0 Å². The molecule has 1 N–H and O–H groups in total. The molecule has 0 spiro atoms. The van der Waals surface area contributed by atoms with Crippen molar-refractivity contribution in [3.8, 4) is 0 Å². The van der Waals surface area contributed by atoms with E-state index in [2.05, 4.69) is 41.5 Å². The number of hydrogen-bond acceptors (Lipinski definition) is 4. The van der Waals surface area contributed by atoms with Crippen molar-refractivity contribution in [2.75, 3.05) is 11.9 Å². The van der Waals surface area contributed by atoms with E-state index in [-0.39, 0.29) is 11.6 Å². The third kappa shape index (κ3) is 2.06. The van der Waals surface area contributed by atoms with E-state index in [1.54, 1.807) is 0 Å². The lowest BCUT2D eigenvalue weighted by atomic mass is 9.94. The van der Waals surface area contributed by atoms with Gasteiger partial charge in [0, 0.05) is 17.4 Å². The molecule has 0 aliphatic carbocycles. The molecule has 2 unspecified atom stereocenters. The highest BCUT2D eigenvalue weighted by Crippen LogP contribution is 2.31. The fourth-order valence-electron chi connectivity index (χ4n) is 2.60. The molecule has 1 aromatic heterocycles. The van der Waals surface area contributed by atoms with Crippen LogP contribution in [0.3, 0.4) is 0 Å². The summed E-state index contributed by atoms with van der Waals surface area (Å²) in [4.78, 5) is 0. The van der Waals surface area contributed by atoms with Crippen LogP contribution in [-0.4, -0.2) is 28.4 Å². The van der Waals surface area contributed by atoms with E-state index in [4.69, 9.17) is 4.74 Å². The maximum absolute atomic E-state index is 5.67. The summed E-state index contributed by atoms with van der Waals surface area (Å²) in [6.07, 6.45) is 1.16. The summed E-state index contributed by atoms with van der Waals surface area (Å²) in [6.45, 7) is 7.06. The standard InChI is InChI=1S/C15H19N3O/c1-10-12-6-4-5-7-13(12)14(18-17-10)16-15(3)8-9-19-11(15)2/h4-7,11H,8-9H2,1-3H3,(H,16,18). The lowest BCUT2D eigenvalue weighted by Crippen LogP contribution is -2.41. The second-order valence-corrected chi connectivity index (χ2v) is 5.49. The van der Waals surface area contributed by atoms with Gasteiger partial charge in [-0.25, -0.2) is 0 Å². The number of fused-ring (bicyclic) bond motifs is 1. The third-order valence-corrected chi connectivity index (χ3v) is 4.16. The monoisotopic (exact) mass is 257 g/mol. The molecule has 100 valence electrons. The average molecular weight is 257 g/mol. The van der Waals surface area contributed by atoms with Gasteiger partial charge in [0.2, 0.25) is 0 Å². The van der Waals surface area contributed by atoms with E-state index in [9.17, 15) is 0 Å². The van der Waals surface area contributed by atoms with Crippen molar-refractivity contribution in [1.29, 1.82) is 0 Å². The molecule has 3 rings (SSSR count). The van der Waals surface area contributed by atoms with Crippen LogP contribution in [0.15, 0.2) is 24.3 Å². The van der Waals surface area contributed by atoms with Crippen LogP contribution < -0.4 is 5.32 Å². The van der Waals surface area contributed by atoms with Crippen molar-refractivity contribution in [2.24, 2.45) is 0 Å². The number of nitrogens with one attached hydrogen (secondary N) is 1. The molecule has 2 aromatic rings. The van der Waals surface area contributed by atoms with Gasteiger partial charge >= 0.3 is 0 Å². The minimum absolute atomic E-state index is 0.0767. The van der Waals surface area contributed by atoms with Crippen molar-refractivity contribution < 1.29 is 4.74 Å². The maximum Gasteiger partial charge on any atom is 0.157 e. The third-order valence-electron chi connectivity index (χ3n) is 4.16. The van der Waals surface area contributed by atoms with Crippen molar-refractivity contribution in [3.63, 3.8) is 0 Å². The Morgan fingerprint density at radius 1 is 1.26 bits per heavy atom. The van der Waals surface area contributed by atoms with Gasteiger partial charge in [-0.1, -0.05) is 24.3 Å². The number of aryl methyl sites for hydroxylation is 1. The zero-order valence-corrected chi connectivity index (χ0v) is 11.6. The quantitative estimate of drug-likeness (QED) is 0.898. The predicted molar refractivity (Wildman–Crippen MR) is 76.3 cm³/mol. The zero-order valence-electron chi connectivity index (χ0n) is 11.6. The molecule has 0 amide bonds. The van der Waals surface area contributed by atoms with Crippen LogP contribution >= 0.6 is 0 Å². The van der Waals surface area contributed by atoms with Gasteiger partial charge in [0.05, 0.1) is 17.3 Å². The van der Waals surface area contributed by atoms with Crippen LogP contribution in [0.1, 0.15) is 26.0 Å². The summed E-state index contributed by atoms with van der Waals surface area (Å²) in [6, 6.07) is 8.24. The molecule has 2 atom stereocenters. The molecule has 1 aliphatic heterocycles. The number of hydrogen-bond donors (Lipinski definition) is 1. The summed E-state index contributed by atoms with van der Waals surface area (Å²) in [5.41, 5.74) is 0.884. The molecule has 0 radical (unpaired) electrons. The first kappa shape index (κ1) is 12.4. The molecule has 1 fully saturated rings. The summed E-state index contributed by atoms with van der Waals surface area (Å²) in [5, 5.41) is 14.4. The van der Waals surface area contributed by atoms with E-state index in [0.717, 1.165) is 35.3 Å². The Hall–Kier alpha value is -1.68. The Morgan fingerprint density at radius 2 is 2.00 bits per heavy atom. The predicted octanol–water partition coefficient (Wildman–Crippen LogP) is 2.92. The molecule has 4 heteroatoms. The van der Waals surface area contributed by atoms with E-state index in [1.165, 1.54) is 0 Å². The van der Waals surface area contributed by atoms with E-state index >= 15 is 0 Å². The van der Waals surface area contributed by atoms with Gasteiger partial charge in [0.15, 0.2) is 5.82 Å². The van der Waals surface area contributed by atoms with Crippen LogP contribution in [-0.2, 0) is 4.74 Å². The first-order valence-corrected chi connectivity index (χ1v) is 6.72. The number of anilines is 1. The van der Waals surface area contributed by atoms with Gasteiger partial charge in [-0.2, -0.15) is 5.10 Å². The minimum atomic E-state index is -0.0767. The molecule has 1 aliphatic rings. The van der Waals surface area contributed by atoms with Crippen molar-refractivity contribution in [3.05, 3.63) is 30.0 Å². The minimum Gasteiger partial charge on any atom is -0.376 e. The molecule has 1 saturated heterocycles. The van der Waals surface area contributed by atoms with E-state index in [1.807, 2.05) is 19.1 Å². The second-order valence-electron chi connectivity index (χ2n) is 5.49. The Kier molecular flexibility index (Phi) is 2.90. The summed E-state index contributed by atoms with van der Waals surface area (Å²) in [5.74, 6) is 0.848. The van der Waals surface area contributed by atoms with E-state index < -0.39 is 0 Å². The number of rotatable bonds is 2. The molecular weight excluding hydrogens is 238 g/mol. The van der Waals surface area contributed by atoms with Crippen molar-refractivity contribution >= 4 is 16.6 Å². The maximum atomic E-state index is 5.67. The SMILES string of the molecule is Cc1nnc(NC2(C)CCOC2C)c2ccccc12. The molecule has 2 heterocycles. The van der Waals surface area contributed by atoms with Crippen molar-refractivity contribution in [1.82, 2.24) is 10.2 Å². The Morgan fingerprint density at radius 3 is 2.68 bits per heavy atom. The Balaban J connectivity index is 2.04. The molecular formula is C15H19N3O. The van der Waals surface area contributed by atoms with E-state index in [0.29, 0.717) is 0 Å². The zero-order chi connectivity index (χ0) is 13.5. The van der Waals surface area contributed by atoms with Gasteiger partial charge in [-0.15, -0.1) is 5.10 Å². The highest BCUT2D eigenvalue weighted by atomic mass is 16.5. The normalized spacial score (nSPS) is 26.8. The fourth-order valence-corrected chi connectivity index (χ4v) is 2.60. The molecule has 19 heavy (non-hydrogen) atoms. The van der Waals surface area contributed by atoms with Gasteiger partial charge in [-0.3, -0.25) is 0 Å². The van der Waals surface area contributed by atoms with Gasteiger partial charge in [0.25, 0.3) is 0 Å². The summed E-state index contributed by atoms with van der Waals surface area (Å²) < 4.78 is 5.67. The number of benzene rings is 1. The fraction of sp³-hybridized carbons (Fsp3) is 0.467. The second kappa shape index (κ2) is 4.46. The van der Waals surface area contributed by atoms with Crippen LogP contribution in [0.25, 0.3) is 10.8 Å². The number of nitrogens with zero attached hydrogens (tertiary/aromatic N) is 2. The van der Waals surface area contributed by atoms with Crippen LogP contribution in [0.4, 0.5) is 5.82 Å². The average Bonchev–Trinajstić information content (AvgIpc) is 2.74. The molecule has 4 nitrogen and oxygen atoms in total. The van der Waals surface area contributed by atoms with Gasteiger partial charge in [-0.05, 0) is 27.2 Å². The first-order valence-electron chi connectivity index (χ1n) is 6.72. The van der Waals surface area contributed by atoms with Gasteiger partial charge < -0.3 is 10.1 Å². The topological polar surface area (TPSA) is 47.0 Å². The number of aromatic nitrogens is 2. The Bertz CT molecular complexity index is 613. The Labute approximate surface area is 113 Å². The molecule has 1 aromatic carbocycles. The van der Waals surface area contributed by atoms with Crippen LogP contribution in [0.2, 0.25) is 0 Å². The molecule has 0 saturated carbocycles.